The van der Waals surface area contributed by atoms with Crippen molar-refractivity contribution in [2.45, 2.75) is 19.4 Å². The molecule has 0 saturated carbocycles. The van der Waals surface area contributed by atoms with Crippen molar-refractivity contribution in [2.75, 3.05) is 33.8 Å². The first kappa shape index (κ1) is 9.96. The summed E-state index contributed by atoms with van der Waals surface area (Å²) >= 11 is 0. The minimum absolute atomic E-state index is 0.588. The Hall–Kier alpha value is -0.120. The van der Waals surface area contributed by atoms with Crippen LogP contribution in [0.4, 0.5) is 0 Å². The number of hydrogen-bond donors (Lipinski definition) is 1. The fraction of sp³-hybridized carbons (Fsp3) is 0.889. The molecule has 1 unspecified atom stereocenters. The van der Waals surface area contributed by atoms with E-state index in [0.29, 0.717) is 6.04 Å². The Balaban J connectivity index is 2.26. The summed E-state index contributed by atoms with van der Waals surface area (Å²) in [7, 11) is 4.12. The topological polar surface area (TPSA) is 24.5 Å². The normalized spacial score (nSPS) is 27.5. The first-order valence-corrected chi connectivity index (χ1v) is 4.54. The van der Waals surface area contributed by atoms with Gasteiger partial charge in [-0.2, -0.15) is 0 Å². The molecule has 1 atom stereocenters. The molecule has 1 radical (unpaired) electrons. The average molecular weight is 171 g/mol. The van der Waals surface area contributed by atoms with Crippen LogP contribution < -0.4 is 5.32 Å². The predicted molar refractivity (Wildman–Crippen MR) is 49.8 cm³/mol. The maximum atomic E-state index is 5.60. The number of ether oxygens (including phenoxy) is 1. The molecular weight excluding hydrogens is 152 g/mol. The van der Waals surface area contributed by atoms with Crippen LogP contribution in [0, 0.1) is 6.10 Å². The van der Waals surface area contributed by atoms with Crippen molar-refractivity contribution < 1.29 is 4.74 Å². The van der Waals surface area contributed by atoms with Gasteiger partial charge >= 0.3 is 0 Å². The molecule has 3 heteroatoms. The van der Waals surface area contributed by atoms with Crippen molar-refractivity contribution in [2.24, 2.45) is 0 Å². The summed E-state index contributed by atoms with van der Waals surface area (Å²) in [5.74, 6) is 0. The highest BCUT2D eigenvalue weighted by Crippen LogP contribution is 2.08. The van der Waals surface area contributed by atoms with Gasteiger partial charge in [-0.25, -0.2) is 0 Å². The second-order valence-corrected chi connectivity index (χ2v) is 3.70. The van der Waals surface area contributed by atoms with Gasteiger partial charge in [-0.3, -0.25) is 0 Å². The first-order valence-electron chi connectivity index (χ1n) is 4.54. The molecule has 0 aliphatic carbocycles. The van der Waals surface area contributed by atoms with Gasteiger partial charge in [-0.1, -0.05) is 0 Å². The van der Waals surface area contributed by atoms with Crippen molar-refractivity contribution in [3.8, 4) is 0 Å². The summed E-state index contributed by atoms with van der Waals surface area (Å²) in [6.07, 6.45) is 2.26. The van der Waals surface area contributed by atoms with Gasteiger partial charge in [0.15, 0.2) is 0 Å². The molecule has 0 aromatic heterocycles. The third kappa shape index (κ3) is 3.52. The van der Waals surface area contributed by atoms with Gasteiger partial charge in [0.1, 0.15) is 6.10 Å². The molecule has 0 amide bonds. The van der Waals surface area contributed by atoms with E-state index < -0.39 is 0 Å². The molecule has 0 aromatic carbocycles. The van der Waals surface area contributed by atoms with E-state index in [1.807, 2.05) is 0 Å². The van der Waals surface area contributed by atoms with E-state index in [1.54, 1.807) is 0 Å². The Labute approximate surface area is 75.1 Å². The zero-order chi connectivity index (χ0) is 8.97. The second kappa shape index (κ2) is 4.80. The number of likely N-dealkylation sites (N-methyl/N-ethyl adjacent to an activating group) is 1. The van der Waals surface area contributed by atoms with Crippen LogP contribution in [0.15, 0.2) is 0 Å². The molecule has 71 valence electrons. The van der Waals surface area contributed by atoms with Gasteiger partial charge in [-0.15, -0.1) is 0 Å². The van der Waals surface area contributed by atoms with Crippen LogP contribution in [0.2, 0.25) is 0 Å². The van der Waals surface area contributed by atoms with Crippen LogP contribution in [0.3, 0.4) is 0 Å². The number of nitrogens with zero attached hydrogens (tertiary/aromatic N) is 1. The third-order valence-electron chi connectivity index (χ3n) is 2.00. The van der Waals surface area contributed by atoms with Gasteiger partial charge in [0, 0.05) is 25.7 Å². The second-order valence-electron chi connectivity index (χ2n) is 3.70. The molecule has 0 spiro atoms. The van der Waals surface area contributed by atoms with E-state index in [2.05, 4.69) is 31.2 Å². The van der Waals surface area contributed by atoms with Crippen LogP contribution in [-0.2, 0) is 4.74 Å². The Morgan fingerprint density at radius 3 is 3.00 bits per heavy atom. The summed E-state index contributed by atoms with van der Waals surface area (Å²) in [5, 5.41) is 3.41. The molecule has 1 rings (SSSR count). The van der Waals surface area contributed by atoms with Crippen LogP contribution in [0.25, 0.3) is 0 Å². The molecule has 1 N–H and O–H groups in total. The molecule has 1 heterocycles. The standard InChI is InChI=1S/C9H19N2O/c1-8-4-5-12-9(6-10-8)7-11(2)3/h8,10H,4-7H2,1-3H3. The largest absolute Gasteiger partial charge is 0.369 e. The van der Waals surface area contributed by atoms with Crippen molar-refractivity contribution in [3.63, 3.8) is 0 Å². The Bertz CT molecular complexity index is 128. The maximum Gasteiger partial charge on any atom is 0.124 e. The van der Waals surface area contributed by atoms with Crippen LogP contribution in [0.1, 0.15) is 13.3 Å². The van der Waals surface area contributed by atoms with Crippen LogP contribution in [-0.4, -0.2) is 44.7 Å². The smallest absolute Gasteiger partial charge is 0.124 e. The average Bonchev–Trinajstić information content (AvgIpc) is 2.15. The van der Waals surface area contributed by atoms with Crippen molar-refractivity contribution in [1.29, 1.82) is 0 Å². The van der Waals surface area contributed by atoms with E-state index in [-0.39, 0.29) is 0 Å². The minimum Gasteiger partial charge on any atom is -0.369 e. The molecular formula is C9H19N2O. The monoisotopic (exact) mass is 171 g/mol. The van der Waals surface area contributed by atoms with Gasteiger partial charge < -0.3 is 15.0 Å². The molecule has 3 nitrogen and oxygen atoms in total. The summed E-state index contributed by atoms with van der Waals surface area (Å²) in [5.41, 5.74) is 0. The zero-order valence-corrected chi connectivity index (χ0v) is 8.26. The molecule has 12 heavy (non-hydrogen) atoms. The van der Waals surface area contributed by atoms with Crippen molar-refractivity contribution in [1.82, 2.24) is 10.2 Å². The van der Waals surface area contributed by atoms with E-state index >= 15 is 0 Å². The van der Waals surface area contributed by atoms with E-state index in [0.717, 1.165) is 32.2 Å². The molecule has 0 bridgehead atoms. The third-order valence-corrected chi connectivity index (χ3v) is 2.00. The molecule has 1 aliphatic heterocycles. The summed E-state index contributed by atoms with van der Waals surface area (Å²) in [4.78, 5) is 2.13. The van der Waals surface area contributed by atoms with Crippen molar-refractivity contribution in [3.05, 3.63) is 6.10 Å². The lowest BCUT2D eigenvalue weighted by Gasteiger charge is -2.18. The van der Waals surface area contributed by atoms with Crippen LogP contribution in [0.5, 0.6) is 0 Å². The molecule has 1 fully saturated rings. The van der Waals surface area contributed by atoms with Gasteiger partial charge in [0.25, 0.3) is 0 Å². The zero-order valence-electron chi connectivity index (χ0n) is 8.26. The van der Waals surface area contributed by atoms with Gasteiger partial charge in [-0.05, 0) is 27.4 Å². The lowest BCUT2D eigenvalue weighted by Crippen LogP contribution is -2.32. The Morgan fingerprint density at radius 2 is 2.33 bits per heavy atom. The summed E-state index contributed by atoms with van der Waals surface area (Å²) in [6.45, 7) is 4.89. The summed E-state index contributed by atoms with van der Waals surface area (Å²) < 4.78 is 5.60. The molecule has 0 aromatic rings. The van der Waals surface area contributed by atoms with Gasteiger partial charge in [0.05, 0.1) is 0 Å². The Kier molecular flexibility index (Phi) is 3.98. The first-order chi connectivity index (χ1) is 5.68. The van der Waals surface area contributed by atoms with E-state index in [9.17, 15) is 0 Å². The fourth-order valence-electron chi connectivity index (χ4n) is 1.28. The Morgan fingerprint density at radius 1 is 1.58 bits per heavy atom. The highest BCUT2D eigenvalue weighted by molar-refractivity contribution is 4.87. The quantitative estimate of drug-likeness (QED) is 0.654. The SMILES string of the molecule is CC1CCO[C](CN(C)C)CN1. The fourth-order valence-corrected chi connectivity index (χ4v) is 1.28. The van der Waals surface area contributed by atoms with Crippen LogP contribution >= 0.6 is 0 Å². The van der Waals surface area contributed by atoms with E-state index in [1.165, 1.54) is 0 Å². The van der Waals surface area contributed by atoms with Crippen molar-refractivity contribution >= 4 is 0 Å². The van der Waals surface area contributed by atoms with E-state index in [4.69, 9.17) is 4.74 Å². The number of nitrogens with one attached hydrogen (secondary N) is 1. The number of rotatable bonds is 2. The summed E-state index contributed by atoms with van der Waals surface area (Å²) in [6, 6.07) is 0.588. The highest BCUT2D eigenvalue weighted by Gasteiger charge is 2.16. The lowest BCUT2D eigenvalue weighted by molar-refractivity contribution is 0.129. The molecule has 1 aliphatic rings. The number of hydrogen-bond acceptors (Lipinski definition) is 3. The predicted octanol–water partition coefficient (Wildman–Crippen LogP) is 0.478. The lowest BCUT2D eigenvalue weighted by atomic mass is 10.2. The molecule has 1 saturated heterocycles. The maximum absolute atomic E-state index is 5.60. The minimum atomic E-state index is 0.588. The highest BCUT2D eigenvalue weighted by atomic mass is 16.5. The van der Waals surface area contributed by atoms with Gasteiger partial charge in [0.2, 0.25) is 0 Å².